The summed E-state index contributed by atoms with van der Waals surface area (Å²) in [4.78, 5) is 39.4. The molecule has 2 N–H and O–H groups in total. The molecule has 0 aliphatic heterocycles. The van der Waals surface area contributed by atoms with E-state index in [0.717, 1.165) is 29.5 Å². The van der Waals surface area contributed by atoms with Gasteiger partial charge in [0.15, 0.2) is 29.0 Å². The van der Waals surface area contributed by atoms with Crippen LogP contribution in [0.1, 0.15) is 22.2 Å². The lowest BCUT2D eigenvalue weighted by Crippen LogP contribution is -2.34. The predicted octanol–water partition coefficient (Wildman–Crippen LogP) is 3.86. The number of nitrogens with one attached hydrogen (secondary N) is 1. The maximum Gasteiger partial charge on any atom is 0.346 e. The highest BCUT2D eigenvalue weighted by molar-refractivity contribution is 7.13. The molecule has 0 bridgehead atoms. The standard InChI is InChI=1S/C25H21F3N2O8S/c1-3-36-6-7-37-17-5-4-13(26)21(28)12(17)10-38-19-9-16(14(27)8-18(19)35-2)30-23(31)20-15(29-25(30)34)11-39-22(20)24(32)33/h4-5,8-9,11H,3,6-7,10H2,1-2H3,(H,29,34)(H,32,33). The van der Waals surface area contributed by atoms with Crippen molar-refractivity contribution < 1.29 is 42.0 Å². The maximum absolute atomic E-state index is 15.1. The van der Waals surface area contributed by atoms with Crippen molar-refractivity contribution in [1.82, 2.24) is 9.55 Å². The molecule has 4 aromatic rings. The summed E-state index contributed by atoms with van der Waals surface area (Å²) >= 11 is 0.722. The largest absolute Gasteiger partial charge is 0.493 e. The van der Waals surface area contributed by atoms with E-state index in [-0.39, 0.29) is 51.8 Å². The highest BCUT2D eigenvalue weighted by Gasteiger charge is 2.23. The summed E-state index contributed by atoms with van der Waals surface area (Å²) in [6, 6.07) is 3.88. The van der Waals surface area contributed by atoms with Crippen LogP contribution in [0.25, 0.3) is 16.6 Å². The number of methoxy groups -OCH3 is 1. The number of fused-ring (bicyclic) bond motifs is 1. The average Bonchev–Trinajstić information content (AvgIpc) is 3.33. The predicted molar refractivity (Wildman–Crippen MR) is 134 cm³/mol. The summed E-state index contributed by atoms with van der Waals surface area (Å²) in [7, 11) is 1.20. The fraction of sp³-hybridized carbons (Fsp3) is 0.240. The van der Waals surface area contributed by atoms with Crippen LogP contribution in [0, 0.1) is 17.5 Å². The highest BCUT2D eigenvalue weighted by atomic mass is 32.1. The van der Waals surface area contributed by atoms with E-state index >= 15 is 4.39 Å². The number of benzene rings is 2. The lowest BCUT2D eigenvalue weighted by Gasteiger charge is -2.16. The van der Waals surface area contributed by atoms with Gasteiger partial charge in [0.1, 0.15) is 23.8 Å². The smallest absolute Gasteiger partial charge is 0.346 e. The first-order valence-electron chi connectivity index (χ1n) is 11.4. The van der Waals surface area contributed by atoms with E-state index in [9.17, 15) is 28.3 Å². The second-order valence-electron chi connectivity index (χ2n) is 7.86. The Kier molecular flexibility index (Phi) is 8.26. The van der Waals surface area contributed by atoms with Crippen LogP contribution in [-0.4, -0.2) is 47.6 Å². The minimum absolute atomic E-state index is 0.0208. The van der Waals surface area contributed by atoms with Gasteiger partial charge in [-0.1, -0.05) is 0 Å². The second kappa shape index (κ2) is 11.6. The number of carbonyl (C=O) groups is 1. The maximum atomic E-state index is 15.1. The van der Waals surface area contributed by atoms with Crippen molar-refractivity contribution in [3.8, 4) is 22.9 Å². The first-order valence-corrected chi connectivity index (χ1v) is 12.2. The Balaban J connectivity index is 1.76. The Labute approximate surface area is 221 Å². The lowest BCUT2D eigenvalue weighted by atomic mass is 10.2. The van der Waals surface area contributed by atoms with Gasteiger partial charge in [-0.05, 0) is 19.1 Å². The number of halogens is 3. The van der Waals surface area contributed by atoms with Crippen molar-refractivity contribution in [3.05, 3.63) is 78.4 Å². The summed E-state index contributed by atoms with van der Waals surface area (Å²) in [5, 5.41) is 10.4. The van der Waals surface area contributed by atoms with Gasteiger partial charge in [0.2, 0.25) is 0 Å². The molecule has 0 unspecified atom stereocenters. The van der Waals surface area contributed by atoms with E-state index < -0.39 is 47.0 Å². The van der Waals surface area contributed by atoms with Gasteiger partial charge in [-0.15, -0.1) is 11.3 Å². The number of carboxylic acid groups (broad SMARTS) is 1. The van der Waals surface area contributed by atoms with Crippen molar-refractivity contribution in [2.45, 2.75) is 13.5 Å². The molecular weight excluding hydrogens is 545 g/mol. The molecule has 2 aromatic heterocycles. The topological polar surface area (TPSA) is 129 Å². The number of hydrogen-bond donors (Lipinski definition) is 2. The Morgan fingerprint density at radius 1 is 1.05 bits per heavy atom. The summed E-state index contributed by atoms with van der Waals surface area (Å²) in [6.45, 7) is 1.86. The zero-order valence-electron chi connectivity index (χ0n) is 20.5. The van der Waals surface area contributed by atoms with Gasteiger partial charge in [0.05, 0.1) is 35.9 Å². The Bertz CT molecular complexity index is 1660. The Hall–Kier alpha value is -4.30. The molecular formula is C25H21F3N2O8S. The fourth-order valence-corrected chi connectivity index (χ4v) is 4.56. The van der Waals surface area contributed by atoms with Gasteiger partial charge in [-0.3, -0.25) is 4.79 Å². The van der Waals surface area contributed by atoms with Crippen molar-refractivity contribution in [2.24, 2.45) is 0 Å². The third kappa shape index (κ3) is 5.47. The number of carboxylic acids is 1. The molecule has 0 spiro atoms. The quantitative estimate of drug-likeness (QED) is 0.262. The Morgan fingerprint density at radius 2 is 1.82 bits per heavy atom. The number of aromatic carboxylic acids is 1. The molecule has 0 radical (unpaired) electrons. The zero-order chi connectivity index (χ0) is 28.3. The number of hydrogen-bond acceptors (Lipinski definition) is 8. The third-order valence-corrected chi connectivity index (χ3v) is 6.50. The molecule has 0 fully saturated rings. The number of H-pyrrole nitrogens is 1. The molecule has 206 valence electrons. The lowest BCUT2D eigenvalue weighted by molar-refractivity contribution is 0.0704. The average molecular weight is 567 g/mol. The van der Waals surface area contributed by atoms with Crippen LogP contribution < -0.4 is 25.5 Å². The van der Waals surface area contributed by atoms with E-state index in [2.05, 4.69) is 4.98 Å². The first kappa shape index (κ1) is 27.7. The Morgan fingerprint density at radius 3 is 2.51 bits per heavy atom. The van der Waals surface area contributed by atoms with E-state index in [4.69, 9.17) is 18.9 Å². The number of nitrogens with zero attached hydrogens (tertiary/aromatic N) is 1. The minimum atomic E-state index is -1.40. The van der Waals surface area contributed by atoms with Crippen LogP contribution in [0.4, 0.5) is 13.2 Å². The van der Waals surface area contributed by atoms with Gasteiger partial charge in [-0.2, -0.15) is 0 Å². The fourth-order valence-electron chi connectivity index (χ4n) is 3.73. The number of aromatic nitrogens is 2. The zero-order valence-corrected chi connectivity index (χ0v) is 21.3. The number of ether oxygens (including phenoxy) is 4. The molecule has 0 atom stereocenters. The van der Waals surface area contributed by atoms with Crippen LogP contribution in [0.15, 0.2) is 39.2 Å². The van der Waals surface area contributed by atoms with Crippen LogP contribution in [0.5, 0.6) is 17.2 Å². The molecule has 0 aliphatic carbocycles. The summed E-state index contributed by atoms with van der Waals surface area (Å²) < 4.78 is 65.6. The summed E-state index contributed by atoms with van der Waals surface area (Å²) in [5.41, 5.74) is -3.02. The van der Waals surface area contributed by atoms with Crippen LogP contribution >= 0.6 is 11.3 Å². The SMILES string of the molecule is CCOCCOc1ccc(F)c(F)c1COc1cc(-n2c(=O)[nH]c3csc(C(=O)O)c3c2=O)c(F)cc1OC. The number of thiophene rings is 1. The molecule has 0 saturated heterocycles. The van der Waals surface area contributed by atoms with Crippen LogP contribution in [0.3, 0.4) is 0 Å². The minimum Gasteiger partial charge on any atom is -0.493 e. The third-order valence-electron chi connectivity index (χ3n) is 5.54. The second-order valence-corrected chi connectivity index (χ2v) is 8.74. The van der Waals surface area contributed by atoms with E-state index in [0.29, 0.717) is 11.2 Å². The summed E-state index contributed by atoms with van der Waals surface area (Å²) in [6.07, 6.45) is 0. The van der Waals surface area contributed by atoms with Crippen LogP contribution in [-0.2, 0) is 11.3 Å². The van der Waals surface area contributed by atoms with Crippen molar-refractivity contribution >= 4 is 28.2 Å². The molecule has 4 rings (SSSR count). The van der Waals surface area contributed by atoms with Gasteiger partial charge in [-0.25, -0.2) is 27.3 Å². The normalized spacial score (nSPS) is 11.1. The molecule has 10 nitrogen and oxygen atoms in total. The van der Waals surface area contributed by atoms with Gasteiger partial charge >= 0.3 is 11.7 Å². The molecule has 0 saturated carbocycles. The van der Waals surface area contributed by atoms with E-state index in [1.165, 1.54) is 18.6 Å². The van der Waals surface area contributed by atoms with Crippen LogP contribution in [0.2, 0.25) is 0 Å². The van der Waals surface area contributed by atoms with Crippen molar-refractivity contribution in [1.29, 1.82) is 0 Å². The summed E-state index contributed by atoms with van der Waals surface area (Å²) in [5.74, 6) is -5.30. The van der Waals surface area contributed by atoms with Gasteiger partial charge in [0, 0.05) is 24.1 Å². The van der Waals surface area contributed by atoms with E-state index in [1.54, 1.807) is 6.92 Å². The molecule has 0 aliphatic rings. The monoisotopic (exact) mass is 566 g/mol. The number of rotatable bonds is 11. The first-order chi connectivity index (χ1) is 18.7. The molecule has 0 amide bonds. The number of aromatic amines is 1. The van der Waals surface area contributed by atoms with Crippen molar-refractivity contribution in [2.75, 3.05) is 26.9 Å². The highest BCUT2D eigenvalue weighted by Crippen LogP contribution is 2.34. The van der Waals surface area contributed by atoms with Gasteiger partial charge < -0.3 is 29.0 Å². The van der Waals surface area contributed by atoms with Crippen molar-refractivity contribution in [3.63, 3.8) is 0 Å². The molecule has 2 aromatic carbocycles. The van der Waals surface area contributed by atoms with E-state index in [1.807, 2.05) is 0 Å². The molecule has 14 heteroatoms. The molecule has 39 heavy (non-hydrogen) atoms. The molecule has 2 heterocycles. The van der Waals surface area contributed by atoms with Gasteiger partial charge in [0.25, 0.3) is 5.56 Å².